The van der Waals surface area contributed by atoms with Crippen LogP contribution < -0.4 is 18.9 Å². The van der Waals surface area contributed by atoms with Crippen molar-refractivity contribution in [3.8, 4) is 23.3 Å². The van der Waals surface area contributed by atoms with Crippen LogP contribution in [0.2, 0.25) is 0 Å². The van der Waals surface area contributed by atoms with Crippen molar-refractivity contribution in [1.82, 2.24) is 14.9 Å². The SMILES string of the molecule is COc1cc(C(O)(CCN(C)C)C(c2cc3cc(Br)ccc3nc2OC)c2cccc(OC)c2F)cnc1OC. The summed E-state index contributed by atoms with van der Waals surface area (Å²) in [5, 5.41) is 13.6. The molecule has 2 aromatic heterocycles. The summed E-state index contributed by atoms with van der Waals surface area (Å²) in [5.41, 5.74) is 0.105. The Labute approximate surface area is 241 Å². The van der Waals surface area contributed by atoms with Gasteiger partial charge in [-0.15, -0.1) is 0 Å². The summed E-state index contributed by atoms with van der Waals surface area (Å²) in [6, 6.07) is 14.1. The Morgan fingerprint density at radius 1 is 0.925 bits per heavy atom. The second-order valence-electron chi connectivity index (χ2n) is 9.63. The van der Waals surface area contributed by atoms with Crippen LogP contribution in [0.15, 0.2) is 59.2 Å². The second kappa shape index (κ2) is 12.4. The minimum absolute atomic E-state index is 0.0540. The fourth-order valence-corrected chi connectivity index (χ4v) is 5.30. The van der Waals surface area contributed by atoms with Gasteiger partial charge >= 0.3 is 0 Å². The number of aliphatic hydroxyl groups is 1. The lowest BCUT2D eigenvalue weighted by Gasteiger charge is -2.39. The third kappa shape index (κ3) is 5.70. The Morgan fingerprint density at radius 3 is 2.30 bits per heavy atom. The quantitative estimate of drug-likeness (QED) is 0.236. The molecule has 0 amide bonds. The number of ether oxygens (including phenoxy) is 4. The fourth-order valence-electron chi connectivity index (χ4n) is 4.92. The Bertz CT molecular complexity index is 1500. The molecule has 2 unspecified atom stereocenters. The van der Waals surface area contributed by atoms with Crippen molar-refractivity contribution < 1.29 is 28.4 Å². The summed E-state index contributed by atoms with van der Waals surface area (Å²) in [6.07, 6.45) is 1.73. The molecule has 0 saturated carbocycles. The number of halogens is 2. The normalized spacial score (nSPS) is 13.7. The highest BCUT2D eigenvalue weighted by Crippen LogP contribution is 2.49. The monoisotopic (exact) mass is 613 g/mol. The molecular formula is C30H33BrFN3O5. The summed E-state index contributed by atoms with van der Waals surface area (Å²) in [7, 11) is 9.71. The van der Waals surface area contributed by atoms with E-state index in [9.17, 15) is 5.11 Å². The zero-order valence-electron chi connectivity index (χ0n) is 23.4. The van der Waals surface area contributed by atoms with Crippen molar-refractivity contribution in [1.29, 1.82) is 0 Å². The number of aromatic nitrogens is 2. The first-order valence-electron chi connectivity index (χ1n) is 12.6. The van der Waals surface area contributed by atoms with Crippen LogP contribution in [0.25, 0.3) is 10.9 Å². The first kappa shape index (κ1) is 29.5. The number of benzene rings is 2. The molecule has 2 heterocycles. The van der Waals surface area contributed by atoms with Crippen LogP contribution in [-0.4, -0.2) is 69.1 Å². The molecule has 1 N–H and O–H groups in total. The van der Waals surface area contributed by atoms with Gasteiger partial charge in [-0.25, -0.2) is 14.4 Å². The Morgan fingerprint density at radius 2 is 1.65 bits per heavy atom. The van der Waals surface area contributed by atoms with Crippen molar-refractivity contribution >= 4 is 26.8 Å². The standard InChI is InChI=1S/C30H33BrFN3O5/c1-35(2)13-12-30(36,19-16-25(38-4)29(40-6)33-17-19)26(21-8-7-9-24(37-3)27(21)32)22-15-18-14-20(31)10-11-23(18)34-28(22)39-5/h7-11,14-17,26,36H,12-13H2,1-6H3. The highest BCUT2D eigenvalue weighted by atomic mass is 79.9. The van der Waals surface area contributed by atoms with E-state index in [-0.39, 0.29) is 29.5 Å². The summed E-state index contributed by atoms with van der Waals surface area (Å²) in [6.45, 7) is 0.474. The van der Waals surface area contributed by atoms with E-state index >= 15 is 4.39 Å². The van der Waals surface area contributed by atoms with Gasteiger partial charge in [0.15, 0.2) is 17.3 Å². The van der Waals surface area contributed by atoms with Crippen LogP contribution in [-0.2, 0) is 5.60 Å². The van der Waals surface area contributed by atoms with Crippen LogP contribution in [0, 0.1) is 5.82 Å². The molecule has 0 saturated heterocycles. The first-order valence-corrected chi connectivity index (χ1v) is 13.4. The molecular weight excluding hydrogens is 581 g/mol. The predicted octanol–water partition coefficient (Wildman–Crippen LogP) is 5.54. The van der Waals surface area contributed by atoms with E-state index in [1.54, 1.807) is 24.3 Å². The summed E-state index contributed by atoms with van der Waals surface area (Å²) in [5.74, 6) is -0.672. The average molecular weight is 615 g/mol. The number of pyridine rings is 2. The van der Waals surface area contributed by atoms with Crippen molar-refractivity contribution in [3.63, 3.8) is 0 Å². The molecule has 4 rings (SSSR count). The van der Waals surface area contributed by atoms with E-state index in [4.69, 9.17) is 23.9 Å². The highest BCUT2D eigenvalue weighted by molar-refractivity contribution is 9.10. The van der Waals surface area contributed by atoms with Crippen LogP contribution >= 0.6 is 15.9 Å². The lowest BCUT2D eigenvalue weighted by Crippen LogP contribution is -2.38. The van der Waals surface area contributed by atoms with Gasteiger partial charge in [0.2, 0.25) is 5.88 Å². The summed E-state index contributed by atoms with van der Waals surface area (Å²) < 4.78 is 39.0. The molecule has 0 aliphatic carbocycles. The Balaban J connectivity index is 2.10. The second-order valence-corrected chi connectivity index (χ2v) is 10.5. The number of hydrogen-bond acceptors (Lipinski definition) is 8. The van der Waals surface area contributed by atoms with E-state index in [1.807, 2.05) is 43.3 Å². The van der Waals surface area contributed by atoms with Crippen LogP contribution in [0.1, 0.15) is 29.0 Å². The van der Waals surface area contributed by atoms with Gasteiger partial charge in [0.05, 0.1) is 39.9 Å². The maximum atomic E-state index is 16.2. The van der Waals surface area contributed by atoms with E-state index in [0.29, 0.717) is 28.9 Å². The smallest absolute Gasteiger partial charge is 0.256 e. The van der Waals surface area contributed by atoms with Crippen LogP contribution in [0.3, 0.4) is 0 Å². The molecule has 0 aliphatic rings. The molecule has 0 fully saturated rings. The third-order valence-electron chi connectivity index (χ3n) is 6.95. The largest absolute Gasteiger partial charge is 0.494 e. The molecule has 212 valence electrons. The highest BCUT2D eigenvalue weighted by Gasteiger charge is 2.44. The van der Waals surface area contributed by atoms with Crippen molar-refractivity contribution in [3.05, 3.63) is 81.7 Å². The average Bonchev–Trinajstić information content (AvgIpc) is 2.96. The van der Waals surface area contributed by atoms with Crippen molar-refractivity contribution in [2.45, 2.75) is 17.9 Å². The van der Waals surface area contributed by atoms with Gasteiger partial charge < -0.3 is 29.0 Å². The maximum Gasteiger partial charge on any atom is 0.256 e. The topological polar surface area (TPSA) is 86.2 Å². The summed E-state index contributed by atoms with van der Waals surface area (Å²) in [4.78, 5) is 11.1. The van der Waals surface area contributed by atoms with E-state index < -0.39 is 17.3 Å². The van der Waals surface area contributed by atoms with Gasteiger partial charge in [-0.1, -0.05) is 28.1 Å². The van der Waals surface area contributed by atoms with E-state index in [2.05, 4.69) is 20.9 Å². The van der Waals surface area contributed by atoms with Gasteiger partial charge in [0, 0.05) is 39.3 Å². The number of methoxy groups -OCH3 is 4. The van der Waals surface area contributed by atoms with E-state index in [1.165, 1.54) is 34.6 Å². The van der Waals surface area contributed by atoms with Crippen LogP contribution in [0.5, 0.6) is 23.3 Å². The van der Waals surface area contributed by atoms with Gasteiger partial charge in [-0.05, 0) is 56.9 Å². The Hall–Kier alpha value is -3.47. The number of fused-ring (bicyclic) bond motifs is 1. The lowest BCUT2D eigenvalue weighted by molar-refractivity contribution is 0.00224. The Kier molecular flexibility index (Phi) is 9.12. The molecule has 2 atom stereocenters. The van der Waals surface area contributed by atoms with Crippen LogP contribution in [0.4, 0.5) is 4.39 Å². The number of hydrogen-bond donors (Lipinski definition) is 1. The third-order valence-corrected chi connectivity index (χ3v) is 7.44. The molecule has 2 aromatic carbocycles. The molecule has 0 radical (unpaired) electrons. The lowest BCUT2D eigenvalue weighted by atomic mass is 9.71. The molecule has 4 aromatic rings. The molecule has 0 spiro atoms. The minimum Gasteiger partial charge on any atom is -0.494 e. The van der Waals surface area contributed by atoms with Gasteiger partial charge in [0.25, 0.3) is 5.88 Å². The van der Waals surface area contributed by atoms with E-state index in [0.717, 1.165) is 9.86 Å². The number of rotatable bonds is 11. The molecule has 0 bridgehead atoms. The zero-order chi connectivity index (χ0) is 29.0. The number of nitrogens with zero attached hydrogens (tertiary/aromatic N) is 3. The molecule has 40 heavy (non-hydrogen) atoms. The fraction of sp³-hybridized carbons (Fsp3) is 0.333. The van der Waals surface area contributed by atoms with Crippen molar-refractivity contribution in [2.75, 3.05) is 49.1 Å². The first-order chi connectivity index (χ1) is 19.2. The predicted molar refractivity (Wildman–Crippen MR) is 155 cm³/mol. The molecule has 8 nitrogen and oxygen atoms in total. The molecule has 10 heteroatoms. The molecule has 0 aliphatic heterocycles. The van der Waals surface area contributed by atoms with Gasteiger partial charge in [0.1, 0.15) is 5.60 Å². The maximum absolute atomic E-state index is 16.2. The van der Waals surface area contributed by atoms with Gasteiger partial charge in [-0.2, -0.15) is 0 Å². The van der Waals surface area contributed by atoms with Gasteiger partial charge in [-0.3, -0.25) is 0 Å². The van der Waals surface area contributed by atoms with Crippen molar-refractivity contribution in [2.24, 2.45) is 0 Å². The zero-order valence-corrected chi connectivity index (χ0v) is 25.0. The summed E-state index contributed by atoms with van der Waals surface area (Å²) >= 11 is 3.53. The minimum atomic E-state index is -1.71.